The Morgan fingerprint density at radius 3 is 2.32 bits per heavy atom. The average molecular weight is 268 g/mol. The predicted octanol–water partition coefficient (Wildman–Crippen LogP) is 1.20. The molecule has 1 radical (unpaired) electrons. The van der Waals surface area contributed by atoms with Gasteiger partial charge in [-0.25, -0.2) is 0 Å². The van der Waals surface area contributed by atoms with E-state index in [1.807, 2.05) is 27.9 Å². The van der Waals surface area contributed by atoms with Gasteiger partial charge < -0.3 is 10.2 Å². The number of amides is 1. The lowest BCUT2D eigenvalue weighted by molar-refractivity contribution is -0.238. The summed E-state index contributed by atoms with van der Waals surface area (Å²) in [4.78, 5) is 14.3. The van der Waals surface area contributed by atoms with Crippen molar-refractivity contribution in [2.75, 3.05) is 27.2 Å². The standard InChI is InChI=1S/C14H26N3O2/c1-13(2)10-11(14(3,4)17(13)19)12(18)15-8-7-9-16(5)6/h10H,7-9H2,1-6H3,(H,15,18). The van der Waals surface area contributed by atoms with Gasteiger partial charge in [-0.05, 0) is 54.8 Å². The first-order valence-corrected chi connectivity index (χ1v) is 6.73. The molecule has 1 rings (SSSR count). The number of nitrogens with zero attached hydrogens (tertiary/aromatic N) is 2. The highest BCUT2D eigenvalue weighted by molar-refractivity contribution is 5.96. The van der Waals surface area contributed by atoms with Gasteiger partial charge in [-0.2, -0.15) is 0 Å². The summed E-state index contributed by atoms with van der Waals surface area (Å²) < 4.78 is 0. The SMILES string of the molecule is CN(C)CCCNC(=O)C1=CC(C)(C)N([O])C1(C)C. The smallest absolute Gasteiger partial charge is 0.248 e. The van der Waals surface area contributed by atoms with Gasteiger partial charge in [0.1, 0.15) is 0 Å². The number of nitrogens with one attached hydrogen (secondary N) is 1. The van der Waals surface area contributed by atoms with Crippen molar-refractivity contribution in [1.29, 1.82) is 0 Å². The molecule has 19 heavy (non-hydrogen) atoms. The fourth-order valence-corrected chi connectivity index (χ4v) is 2.45. The van der Waals surface area contributed by atoms with Gasteiger partial charge in [-0.3, -0.25) is 4.79 Å². The van der Waals surface area contributed by atoms with Crippen LogP contribution >= 0.6 is 0 Å². The number of hydroxylamine groups is 2. The minimum absolute atomic E-state index is 0.129. The maximum absolute atomic E-state index is 12.2. The summed E-state index contributed by atoms with van der Waals surface area (Å²) in [5.74, 6) is -0.129. The summed E-state index contributed by atoms with van der Waals surface area (Å²) in [6.45, 7) is 8.80. The van der Waals surface area contributed by atoms with Crippen LogP contribution < -0.4 is 5.32 Å². The lowest BCUT2D eigenvalue weighted by Crippen LogP contribution is -2.48. The van der Waals surface area contributed by atoms with E-state index in [9.17, 15) is 10.0 Å². The molecule has 0 saturated carbocycles. The van der Waals surface area contributed by atoms with E-state index in [0.29, 0.717) is 12.1 Å². The van der Waals surface area contributed by atoms with Gasteiger partial charge in [0.15, 0.2) is 0 Å². The van der Waals surface area contributed by atoms with Gasteiger partial charge in [-0.1, -0.05) is 6.08 Å². The molecule has 0 spiro atoms. The van der Waals surface area contributed by atoms with E-state index in [2.05, 4.69) is 10.2 Å². The molecule has 0 saturated heterocycles. The molecule has 0 fully saturated rings. The van der Waals surface area contributed by atoms with Gasteiger partial charge in [0.05, 0.1) is 11.1 Å². The largest absolute Gasteiger partial charge is 0.352 e. The molecule has 1 aliphatic heterocycles. The van der Waals surface area contributed by atoms with Crippen molar-refractivity contribution in [2.45, 2.75) is 45.2 Å². The second-order valence-corrected chi connectivity index (χ2v) is 6.48. The van der Waals surface area contributed by atoms with Crippen molar-refractivity contribution >= 4 is 5.91 Å². The zero-order valence-electron chi connectivity index (χ0n) is 12.9. The lowest BCUT2D eigenvalue weighted by atomic mass is 9.96. The molecule has 0 aliphatic carbocycles. The highest BCUT2D eigenvalue weighted by Crippen LogP contribution is 2.38. The third-order valence-electron chi connectivity index (χ3n) is 3.50. The first-order valence-electron chi connectivity index (χ1n) is 6.73. The van der Waals surface area contributed by atoms with E-state index < -0.39 is 11.1 Å². The van der Waals surface area contributed by atoms with E-state index in [-0.39, 0.29) is 5.91 Å². The van der Waals surface area contributed by atoms with Crippen LogP contribution in [-0.2, 0) is 10.0 Å². The monoisotopic (exact) mass is 268 g/mol. The zero-order chi connectivity index (χ0) is 14.8. The van der Waals surface area contributed by atoms with Crippen LogP contribution in [0.4, 0.5) is 0 Å². The Kier molecular flexibility index (Phi) is 4.76. The topological polar surface area (TPSA) is 55.5 Å². The highest BCUT2D eigenvalue weighted by Gasteiger charge is 2.48. The molecule has 0 unspecified atom stereocenters. The van der Waals surface area contributed by atoms with Gasteiger partial charge in [0.25, 0.3) is 0 Å². The van der Waals surface area contributed by atoms with Crippen LogP contribution in [0.5, 0.6) is 0 Å². The van der Waals surface area contributed by atoms with Crippen LogP contribution in [0.3, 0.4) is 0 Å². The van der Waals surface area contributed by atoms with Crippen LogP contribution in [0.2, 0.25) is 0 Å². The van der Waals surface area contributed by atoms with E-state index in [1.54, 1.807) is 19.9 Å². The first-order chi connectivity index (χ1) is 8.59. The molecule has 0 atom stereocenters. The summed E-state index contributed by atoms with van der Waals surface area (Å²) in [7, 11) is 4.00. The Morgan fingerprint density at radius 2 is 1.89 bits per heavy atom. The van der Waals surface area contributed by atoms with Crippen molar-refractivity contribution in [1.82, 2.24) is 15.3 Å². The lowest BCUT2D eigenvalue weighted by Gasteiger charge is -2.33. The fourth-order valence-electron chi connectivity index (χ4n) is 2.45. The number of hydrogen-bond donors (Lipinski definition) is 1. The molecule has 5 nitrogen and oxygen atoms in total. The van der Waals surface area contributed by atoms with Gasteiger partial charge >= 0.3 is 0 Å². The molecule has 1 aliphatic rings. The van der Waals surface area contributed by atoms with Crippen molar-refractivity contribution in [3.8, 4) is 0 Å². The molecule has 1 heterocycles. The molecule has 109 valence electrons. The Labute approximate surface area is 116 Å². The quantitative estimate of drug-likeness (QED) is 0.762. The maximum atomic E-state index is 12.2. The summed E-state index contributed by atoms with van der Waals surface area (Å²) in [5, 5.41) is 16.0. The molecule has 1 amide bonds. The van der Waals surface area contributed by atoms with Crippen LogP contribution in [-0.4, -0.2) is 54.1 Å². The van der Waals surface area contributed by atoms with E-state index in [1.165, 1.54) is 0 Å². The average Bonchev–Trinajstić information content (AvgIpc) is 2.45. The van der Waals surface area contributed by atoms with Gasteiger partial charge in [0.2, 0.25) is 5.91 Å². The van der Waals surface area contributed by atoms with Crippen molar-refractivity contribution in [2.24, 2.45) is 0 Å². The second-order valence-electron chi connectivity index (χ2n) is 6.48. The first kappa shape index (κ1) is 16.1. The summed E-state index contributed by atoms with van der Waals surface area (Å²) in [6.07, 6.45) is 2.68. The summed E-state index contributed by atoms with van der Waals surface area (Å²) in [6, 6.07) is 0. The van der Waals surface area contributed by atoms with Crippen molar-refractivity contribution in [3.05, 3.63) is 11.6 Å². The van der Waals surface area contributed by atoms with E-state index in [0.717, 1.165) is 18.0 Å². The van der Waals surface area contributed by atoms with Crippen LogP contribution in [0, 0.1) is 0 Å². The van der Waals surface area contributed by atoms with E-state index >= 15 is 0 Å². The fraction of sp³-hybridized carbons (Fsp3) is 0.786. The molecule has 0 aromatic rings. The minimum atomic E-state index is -0.769. The Morgan fingerprint density at radius 1 is 1.32 bits per heavy atom. The molecular formula is C14H26N3O2. The van der Waals surface area contributed by atoms with Crippen LogP contribution in [0.25, 0.3) is 0 Å². The number of hydrogen-bond acceptors (Lipinski definition) is 3. The van der Waals surface area contributed by atoms with Crippen LogP contribution in [0.15, 0.2) is 11.6 Å². The zero-order valence-corrected chi connectivity index (χ0v) is 12.9. The van der Waals surface area contributed by atoms with Gasteiger partial charge in [-0.15, -0.1) is 10.3 Å². The molecule has 0 aromatic carbocycles. The number of carbonyl (C=O) groups is 1. The highest BCUT2D eigenvalue weighted by atomic mass is 16.5. The molecule has 0 aromatic heterocycles. The number of carbonyl (C=O) groups excluding carboxylic acids is 1. The molecule has 5 heteroatoms. The van der Waals surface area contributed by atoms with E-state index in [4.69, 9.17) is 0 Å². The summed E-state index contributed by atoms with van der Waals surface area (Å²) >= 11 is 0. The maximum Gasteiger partial charge on any atom is 0.248 e. The second kappa shape index (κ2) is 5.61. The predicted molar refractivity (Wildman–Crippen MR) is 74.9 cm³/mol. The van der Waals surface area contributed by atoms with Crippen molar-refractivity contribution < 1.29 is 10.0 Å². The van der Waals surface area contributed by atoms with Crippen LogP contribution in [0.1, 0.15) is 34.1 Å². The third-order valence-corrected chi connectivity index (χ3v) is 3.50. The summed E-state index contributed by atoms with van der Waals surface area (Å²) in [5.41, 5.74) is -0.827. The molecular weight excluding hydrogens is 242 g/mol. The minimum Gasteiger partial charge on any atom is -0.352 e. The van der Waals surface area contributed by atoms with Crippen molar-refractivity contribution in [3.63, 3.8) is 0 Å². The third kappa shape index (κ3) is 3.55. The van der Waals surface area contributed by atoms with Gasteiger partial charge in [0, 0.05) is 12.1 Å². The number of rotatable bonds is 5. The molecule has 1 N–H and O–H groups in total. The normalized spacial score (nSPS) is 21.6. The Hall–Kier alpha value is -0.910. The Balaban J connectivity index is 2.62. The Bertz CT molecular complexity index is 373. The molecule has 0 bridgehead atoms.